The molecule has 25 heavy (non-hydrogen) atoms. The van der Waals surface area contributed by atoms with Crippen LogP contribution in [0.15, 0.2) is 4.99 Å². The van der Waals surface area contributed by atoms with Crippen molar-refractivity contribution in [3.63, 3.8) is 0 Å². The van der Waals surface area contributed by atoms with Crippen molar-refractivity contribution in [2.24, 2.45) is 10.4 Å². The highest BCUT2D eigenvalue weighted by Gasteiger charge is 2.33. The summed E-state index contributed by atoms with van der Waals surface area (Å²) in [7, 11) is 1.66. The van der Waals surface area contributed by atoms with Gasteiger partial charge in [-0.2, -0.15) is 0 Å². The first-order valence-electron chi connectivity index (χ1n) is 8.96. The maximum atomic E-state index is 12.0. The lowest BCUT2D eigenvalue weighted by Gasteiger charge is -2.37. The van der Waals surface area contributed by atoms with Gasteiger partial charge < -0.3 is 25.0 Å². The number of aliphatic imine (C=N–C) groups is 1. The van der Waals surface area contributed by atoms with Gasteiger partial charge in [-0.15, -0.1) is 24.0 Å². The van der Waals surface area contributed by atoms with Gasteiger partial charge in [-0.05, 0) is 33.6 Å². The first-order valence-corrected chi connectivity index (χ1v) is 8.96. The minimum atomic E-state index is -0.532. The molecule has 0 aromatic rings. The van der Waals surface area contributed by atoms with Gasteiger partial charge in [-0.25, -0.2) is 0 Å². The van der Waals surface area contributed by atoms with Crippen LogP contribution < -0.4 is 10.6 Å². The van der Waals surface area contributed by atoms with E-state index in [2.05, 4.69) is 22.5 Å². The van der Waals surface area contributed by atoms with E-state index in [-0.39, 0.29) is 42.1 Å². The van der Waals surface area contributed by atoms with Gasteiger partial charge in [-0.1, -0.05) is 0 Å². The fourth-order valence-electron chi connectivity index (χ4n) is 3.10. The minimum Gasteiger partial charge on any atom is -0.375 e. The van der Waals surface area contributed by atoms with Crippen LogP contribution in [0.4, 0.5) is 0 Å². The summed E-state index contributed by atoms with van der Waals surface area (Å²) >= 11 is 0. The smallest absolute Gasteiger partial charge is 0.227 e. The van der Waals surface area contributed by atoms with Crippen molar-refractivity contribution in [3.8, 4) is 0 Å². The van der Waals surface area contributed by atoms with E-state index in [1.54, 1.807) is 7.05 Å². The number of nitrogens with one attached hydrogen (secondary N) is 2. The van der Waals surface area contributed by atoms with Gasteiger partial charge in [0, 0.05) is 33.3 Å². The Labute approximate surface area is 168 Å². The molecule has 2 atom stereocenters. The average molecular weight is 468 g/mol. The van der Waals surface area contributed by atoms with Gasteiger partial charge in [0.15, 0.2) is 5.96 Å². The van der Waals surface area contributed by atoms with E-state index in [4.69, 9.17) is 14.5 Å². The Kier molecular flexibility index (Phi) is 9.44. The SMILES string of the molecule is CCNC(=NCC(C)(C)C(=O)NC)N1CCOC(C2CCCO2)C1.I. The Morgan fingerprint density at radius 1 is 1.28 bits per heavy atom. The highest BCUT2D eigenvalue weighted by Crippen LogP contribution is 2.21. The molecule has 2 unspecified atom stereocenters. The third-order valence-electron chi connectivity index (χ3n) is 4.57. The molecule has 0 aromatic heterocycles. The quantitative estimate of drug-likeness (QED) is 0.361. The monoisotopic (exact) mass is 468 g/mol. The molecule has 146 valence electrons. The van der Waals surface area contributed by atoms with Crippen LogP contribution in [0.1, 0.15) is 33.6 Å². The molecule has 8 heteroatoms. The predicted octanol–water partition coefficient (Wildman–Crippen LogP) is 1.22. The Balaban J connectivity index is 0.00000312. The van der Waals surface area contributed by atoms with Gasteiger partial charge in [0.25, 0.3) is 0 Å². The fourth-order valence-corrected chi connectivity index (χ4v) is 3.10. The number of hydrogen-bond donors (Lipinski definition) is 2. The van der Waals surface area contributed by atoms with Crippen LogP contribution in [-0.2, 0) is 14.3 Å². The minimum absolute atomic E-state index is 0. The molecule has 2 rings (SSSR count). The van der Waals surface area contributed by atoms with Crippen LogP contribution in [0.25, 0.3) is 0 Å². The Morgan fingerprint density at radius 2 is 2.00 bits per heavy atom. The van der Waals surface area contributed by atoms with E-state index in [0.717, 1.165) is 45.0 Å². The van der Waals surface area contributed by atoms with Gasteiger partial charge in [0.1, 0.15) is 6.10 Å². The van der Waals surface area contributed by atoms with Gasteiger partial charge in [0.2, 0.25) is 5.91 Å². The number of rotatable bonds is 5. The summed E-state index contributed by atoms with van der Waals surface area (Å²) in [6, 6.07) is 0. The highest BCUT2D eigenvalue weighted by molar-refractivity contribution is 14.0. The molecule has 0 spiro atoms. The lowest BCUT2D eigenvalue weighted by Crippen LogP contribution is -2.53. The van der Waals surface area contributed by atoms with Crippen LogP contribution >= 0.6 is 24.0 Å². The molecular formula is C17H33IN4O3. The number of guanidine groups is 1. The maximum Gasteiger partial charge on any atom is 0.227 e. The number of morpholine rings is 1. The lowest BCUT2D eigenvalue weighted by atomic mass is 9.93. The van der Waals surface area contributed by atoms with Gasteiger partial charge >= 0.3 is 0 Å². The molecular weight excluding hydrogens is 435 g/mol. The number of hydrogen-bond acceptors (Lipinski definition) is 4. The first kappa shape index (κ1) is 22.4. The summed E-state index contributed by atoms with van der Waals surface area (Å²) in [4.78, 5) is 18.9. The molecule has 0 aliphatic carbocycles. The zero-order chi connectivity index (χ0) is 17.6. The number of nitrogens with zero attached hydrogens (tertiary/aromatic N) is 2. The molecule has 2 aliphatic rings. The van der Waals surface area contributed by atoms with Crippen molar-refractivity contribution in [2.75, 3.05) is 46.4 Å². The summed E-state index contributed by atoms with van der Waals surface area (Å²) in [6.07, 6.45) is 2.46. The first-order chi connectivity index (χ1) is 11.5. The molecule has 1 amide bonds. The molecule has 0 bridgehead atoms. The lowest BCUT2D eigenvalue weighted by molar-refractivity contribution is -0.128. The summed E-state index contributed by atoms with van der Waals surface area (Å²) in [5.41, 5.74) is -0.532. The maximum absolute atomic E-state index is 12.0. The van der Waals surface area contributed by atoms with E-state index in [1.165, 1.54) is 0 Å². The molecule has 2 saturated heterocycles. The molecule has 2 heterocycles. The van der Waals surface area contributed by atoms with Gasteiger partial charge in [0.05, 0.1) is 24.7 Å². The van der Waals surface area contributed by atoms with Crippen LogP contribution in [0.5, 0.6) is 0 Å². The Hall–Kier alpha value is -0.610. The van der Waals surface area contributed by atoms with Crippen molar-refractivity contribution >= 4 is 35.8 Å². The second-order valence-electron chi connectivity index (χ2n) is 7.04. The van der Waals surface area contributed by atoms with Crippen LogP contribution in [0.3, 0.4) is 0 Å². The molecule has 0 saturated carbocycles. The largest absolute Gasteiger partial charge is 0.375 e. The van der Waals surface area contributed by atoms with Gasteiger partial charge in [-0.3, -0.25) is 9.79 Å². The summed E-state index contributed by atoms with van der Waals surface area (Å²) in [5, 5.41) is 6.05. The third kappa shape index (κ3) is 6.25. The van der Waals surface area contributed by atoms with Crippen molar-refractivity contribution in [1.82, 2.24) is 15.5 Å². The Morgan fingerprint density at radius 3 is 2.60 bits per heavy atom. The zero-order valence-corrected chi connectivity index (χ0v) is 18.2. The van der Waals surface area contributed by atoms with E-state index >= 15 is 0 Å². The second kappa shape index (κ2) is 10.5. The molecule has 0 aromatic carbocycles. The number of ether oxygens (including phenoxy) is 2. The molecule has 2 aliphatic heterocycles. The molecule has 7 nitrogen and oxygen atoms in total. The number of carbonyl (C=O) groups is 1. The number of halogens is 1. The van der Waals surface area contributed by atoms with E-state index in [9.17, 15) is 4.79 Å². The van der Waals surface area contributed by atoms with Crippen molar-refractivity contribution in [3.05, 3.63) is 0 Å². The third-order valence-corrected chi connectivity index (χ3v) is 4.57. The van der Waals surface area contributed by atoms with Crippen molar-refractivity contribution < 1.29 is 14.3 Å². The Bertz CT molecular complexity index is 453. The zero-order valence-electron chi connectivity index (χ0n) is 15.8. The molecule has 0 radical (unpaired) electrons. The van der Waals surface area contributed by atoms with Crippen molar-refractivity contribution in [2.45, 2.75) is 45.8 Å². The van der Waals surface area contributed by atoms with Crippen LogP contribution in [-0.4, -0.2) is 75.4 Å². The summed E-state index contributed by atoms with van der Waals surface area (Å²) in [6.45, 7) is 10.2. The summed E-state index contributed by atoms with van der Waals surface area (Å²) in [5.74, 6) is 0.849. The molecule has 2 N–H and O–H groups in total. The molecule has 2 fully saturated rings. The van der Waals surface area contributed by atoms with E-state index in [1.807, 2.05) is 13.8 Å². The second-order valence-corrected chi connectivity index (χ2v) is 7.04. The van der Waals surface area contributed by atoms with Crippen LogP contribution in [0.2, 0.25) is 0 Å². The normalized spacial score (nSPS) is 24.6. The highest BCUT2D eigenvalue weighted by atomic mass is 127. The van der Waals surface area contributed by atoms with E-state index in [0.29, 0.717) is 13.2 Å². The topological polar surface area (TPSA) is 75.2 Å². The average Bonchev–Trinajstić information content (AvgIpc) is 3.12. The predicted molar refractivity (Wildman–Crippen MR) is 110 cm³/mol. The van der Waals surface area contributed by atoms with E-state index < -0.39 is 5.41 Å². The number of amides is 1. The van der Waals surface area contributed by atoms with Crippen molar-refractivity contribution in [1.29, 1.82) is 0 Å². The fraction of sp³-hybridized carbons (Fsp3) is 0.882. The summed E-state index contributed by atoms with van der Waals surface area (Å²) < 4.78 is 11.7. The van der Waals surface area contributed by atoms with Crippen LogP contribution in [0, 0.1) is 5.41 Å². The number of carbonyl (C=O) groups excluding carboxylic acids is 1. The standard InChI is InChI=1S/C17H32N4O3.HI/c1-5-19-16(20-12-17(2,3)15(22)18-4)21-8-10-24-14(11-21)13-7-6-9-23-13;/h13-14H,5-12H2,1-4H3,(H,18,22)(H,19,20);1H.